The van der Waals surface area contributed by atoms with E-state index in [2.05, 4.69) is 25.1 Å². The Kier molecular flexibility index (Phi) is 3.42. The second-order valence-corrected chi connectivity index (χ2v) is 4.50. The first kappa shape index (κ1) is 10.7. The molecule has 82 valence electrons. The van der Waals surface area contributed by atoms with Gasteiger partial charge in [-0.05, 0) is 54.7 Å². The standard InChI is InChI=1S/C14H20O/c1-2-11(8-9-15)14-7-6-12-4-3-5-13(12)10-14/h6-7,10-11,15H,2-5,8-9H2,1H3. The molecule has 1 nitrogen and oxygen atoms in total. The fraction of sp³-hybridized carbons (Fsp3) is 0.571. The maximum absolute atomic E-state index is 9.02. The number of aryl methyl sites for hydroxylation is 2. The SMILES string of the molecule is CCC(CCO)c1ccc2c(c1)CCC2. The van der Waals surface area contributed by atoms with Gasteiger partial charge in [0.15, 0.2) is 0 Å². The maximum Gasteiger partial charge on any atom is 0.0436 e. The first-order valence-corrected chi connectivity index (χ1v) is 6.07. The molecule has 1 aliphatic carbocycles. The molecule has 2 rings (SSSR count). The van der Waals surface area contributed by atoms with Crippen molar-refractivity contribution in [1.29, 1.82) is 0 Å². The summed E-state index contributed by atoms with van der Waals surface area (Å²) in [6.45, 7) is 2.50. The van der Waals surface area contributed by atoms with Crippen molar-refractivity contribution in [3.63, 3.8) is 0 Å². The Bertz CT molecular complexity index is 330. The largest absolute Gasteiger partial charge is 0.396 e. The Morgan fingerprint density at radius 1 is 1.27 bits per heavy atom. The van der Waals surface area contributed by atoms with Gasteiger partial charge in [-0.25, -0.2) is 0 Å². The van der Waals surface area contributed by atoms with E-state index >= 15 is 0 Å². The molecule has 0 radical (unpaired) electrons. The minimum Gasteiger partial charge on any atom is -0.396 e. The summed E-state index contributed by atoms with van der Waals surface area (Å²) in [6, 6.07) is 6.91. The van der Waals surface area contributed by atoms with Crippen molar-refractivity contribution in [2.45, 2.75) is 44.9 Å². The highest BCUT2D eigenvalue weighted by Crippen LogP contribution is 2.29. The molecule has 0 saturated heterocycles. The fourth-order valence-corrected chi connectivity index (χ4v) is 2.61. The lowest BCUT2D eigenvalue weighted by Crippen LogP contribution is -2.01. The lowest BCUT2D eigenvalue weighted by molar-refractivity contribution is 0.274. The third kappa shape index (κ3) is 2.23. The zero-order chi connectivity index (χ0) is 10.7. The van der Waals surface area contributed by atoms with Gasteiger partial charge in [-0.1, -0.05) is 25.1 Å². The Morgan fingerprint density at radius 3 is 2.80 bits per heavy atom. The summed E-state index contributed by atoms with van der Waals surface area (Å²) in [5.41, 5.74) is 4.51. The number of hydrogen-bond acceptors (Lipinski definition) is 1. The van der Waals surface area contributed by atoms with Crippen LogP contribution in [0.15, 0.2) is 18.2 Å². The van der Waals surface area contributed by atoms with E-state index < -0.39 is 0 Å². The van der Waals surface area contributed by atoms with Gasteiger partial charge in [0, 0.05) is 6.61 Å². The van der Waals surface area contributed by atoms with Crippen LogP contribution in [-0.4, -0.2) is 11.7 Å². The van der Waals surface area contributed by atoms with E-state index in [1.54, 1.807) is 5.56 Å². The zero-order valence-corrected chi connectivity index (χ0v) is 9.50. The second kappa shape index (κ2) is 4.80. The molecule has 0 heterocycles. The first-order valence-electron chi connectivity index (χ1n) is 6.07. The second-order valence-electron chi connectivity index (χ2n) is 4.50. The third-order valence-corrected chi connectivity index (χ3v) is 3.56. The fourth-order valence-electron chi connectivity index (χ4n) is 2.61. The molecule has 1 N–H and O–H groups in total. The number of benzene rings is 1. The average molecular weight is 204 g/mol. The van der Waals surface area contributed by atoms with E-state index in [-0.39, 0.29) is 0 Å². The van der Waals surface area contributed by atoms with Crippen molar-refractivity contribution < 1.29 is 5.11 Å². The quantitative estimate of drug-likeness (QED) is 0.799. The molecule has 0 saturated carbocycles. The molecule has 0 amide bonds. The summed E-state index contributed by atoms with van der Waals surface area (Å²) in [7, 11) is 0. The van der Waals surface area contributed by atoms with Crippen molar-refractivity contribution in [2.75, 3.05) is 6.61 Å². The van der Waals surface area contributed by atoms with Crippen LogP contribution in [0.3, 0.4) is 0 Å². The summed E-state index contributed by atoms with van der Waals surface area (Å²) in [6.07, 6.45) is 5.84. The predicted molar refractivity (Wildman–Crippen MR) is 63.2 cm³/mol. The van der Waals surface area contributed by atoms with E-state index in [4.69, 9.17) is 5.11 Å². The lowest BCUT2D eigenvalue weighted by Gasteiger charge is -2.15. The zero-order valence-electron chi connectivity index (χ0n) is 9.50. The molecule has 0 aliphatic heterocycles. The maximum atomic E-state index is 9.02. The number of rotatable bonds is 4. The van der Waals surface area contributed by atoms with Gasteiger partial charge in [-0.15, -0.1) is 0 Å². The smallest absolute Gasteiger partial charge is 0.0436 e. The molecular weight excluding hydrogens is 184 g/mol. The highest BCUT2D eigenvalue weighted by molar-refractivity contribution is 5.36. The molecule has 1 atom stereocenters. The minimum atomic E-state index is 0.301. The summed E-state index contributed by atoms with van der Waals surface area (Å²) < 4.78 is 0. The van der Waals surface area contributed by atoms with Crippen molar-refractivity contribution >= 4 is 0 Å². The van der Waals surface area contributed by atoms with E-state index in [9.17, 15) is 0 Å². The summed E-state index contributed by atoms with van der Waals surface area (Å²) in [5, 5.41) is 9.02. The molecule has 0 aromatic heterocycles. The molecule has 1 unspecified atom stereocenters. The number of hydrogen-bond donors (Lipinski definition) is 1. The predicted octanol–water partition coefficient (Wildman–Crippen LogP) is 3.05. The topological polar surface area (TPSA) is 20.2 Å². The van der Waals surface area contributed by atoms with Crippen molar-refractivity contribution in [3.8, 4) is 0 Å². The molecule has 0 spiro atoms. The molecule has 1 aromatic rings. The van der Waals surface area contributed by atoms with Crippen LogP contribution in [-0.2, 0) is 12.8 Å². The van der Waals surface area contributed by atoms with Crippen LogP contribution in [0.5, 0.6) is 0 Å². The van der Waals surface area contributed by atoms with Crippen LogP contribution < -0.4 is 0 Å². The summed E-state index contributed by atoms with van der Waals surface area (Å²) >= 11 is 0. The van der Waals surface area contributed by atoms with E-state index in [0.717, 1.165) is 12.8 Å². The Balaban J connectivity index is 2.20. The average Bonchev–Trinajstić information content (AvgIpc) is 2.72. The number of aliphatic hydroxyl groups excluding tert-OH is 1. The Hall–Kier alpha value is -0.820. The van der Waals surface area contributed by atoms with Gasteiger partial charge in [0.05, 0.1) is 0 Å². The number of fused-ring (bicyclic) bond motifs is 1. The molecule has 0 fully saturated rings. The Morgan fingerprint density at radius 2 is 2.07 bits per heavy atom. The molecule has 1 aromatic carbocycles. The third-order valence-electron chi connectivity index (χ3n) is 3.56. The van der Waals surface area contributed by atoms with Crippen LogP contribution in [0, 0.1) is 0 Å². The van der Waals surface area contributed by atoms with Gasteiger partial charge < -0.3 is 5.11 Å². The van der Waals surface area contributed by atoms with E-state index in [1.807, 2.05) is 0 Å². The normalized spacial score (nSPS) is 16.4. The van der Waals surface area contributed by atoms with Gasteiger partial charge in [0.25, 0.3) is 0 Å². The highest BCUT2D eigenvalue weighted by Gasteiger charge is 2.14. The van der Waals surface area contributed by atoms with Crippen LogP contribution in [0.2, 0.25) is 0 Å². The van der Waals surface area contributed by atoms with Gasteiger partial charge in [-0.2, -0.15) is 0 Å². The van der Waals surface area contributed by atoms with E-state index in [0.29, 0.717) is 12.5 Å². The van der Waals surface area contributed by atoms with Crippen LogP contribution in [0.1, 0.15) is 48.8 Å². The molecule has 0 bridgehead atoms. The van der Waals surface area contributed by atoms with Gasteiger partial charge in [0.1, 0.15) is 0 Å². The van der Waals surface area contributed by atoms with Crippen LogP contribution >= 0.6 is 0 Å². The van der Waals surface area contributed by atoms with Gasteiger partial charge in [-0.3, -0.25) is 0 Å². The number of aliphatic hydroxyl groups is 1. The lowest BCUT2D eigenvalue weighted by atomic mass is 9.91. The first-order chi connectivity index (χ1) is 7.35. The van der Waals surface area contributed by atoms with Crippen molar-refractivity contribution in [3.05, 3.63) is 34.9 Å². The molecule has 15 heavy (non-hydrogen) atoms. The molecular formula is C14H20O. The van der Waals surface area contributed by atoms with Gasteiger partial charge in [0.2, 0.25) is 0 Å². The summed E-state index contributed by atoms with van der Waals surface area (Å²) in [5.74, 6) is 0.542. The van der Waals surface area contributed by atoms with Crippen molar-refractivity contribution in [1.82, 2.24) is 0 Å². The molecule has 1 heteroatoms. The van der Waals surface area contributed by atoms with Crippen LogP contribution in [0.4, 0.5) is 0 Å². The molecule has 1 aliphatic rings. The Labute approximate surface area is 92.1 Å². The monoisotopic (exact) mass is 204 g/mol. The highest BCUT2D eigenvalue weighted by atomic mass is 16.3. The van der Waals surface area contributed by atoms with Crippen LogP contribution in [0.25, 0.3) is 0 Å². The van der Waals surface area contributed by atoms with E-state index in [1.165, 1.54) is 30.4 Å². The van der Waals surface area contributed by atoms with Crippen molar-refractivity contribution in [2.24, 2.45) is 0 Å². The minimum absolute atomic E-state index is 0.301. The van der Waals surface area contributed by atoms with Gasteiger partial charge >= 0.3 is 0 Å². The summed E-state index contributed by atoms with van der Waals surface area (Å²) in [4.78, 5) is 0.